The summed E-state index contributed by atoms with van der Waals surface area (Å²) in [6, 6.07) is 8.49. The molecule has 3 N–H and O–H groups in total. The second-order valence-corrected chi connectivity index (χ2v) is 5.61. The van der Waals surface area contributed by atoms with E-state index < -0.39 is 0 Å². The van der Waals surface area contributed by atoms with Crippen molar-refractivity contribution in [3.05, 3.63) is 29.8 Å². The Labute approximate surface area is 116 Å². The molecule has 1 fully saturated rings. The number of hydrogen-bond donors (Lipinski definition) is 2. The fourth-order valence-electron chi connectivity index (χ4n) is 3.27. The van der Waals surface area contributed by atoms with Crippen molar-refractivity contribution in [2.24, 2.45) is 17.7 Å². The number of benzene rings is 1. The second kappa shape index (κ2) is 6.92. The van der Waals surface area contributed by atoms with Gasteiger partial charge in [-0.15, -0.1) is 0 Å². The zero-order valence-electron chi connectivity index (χ0n) is 12.1. The number of rotatable bonds is 5. The van der Waals surface area contributed by atoms with Crippen LogP contribution < -0.4 is 16.0 Å². The van der Waals surface area contributed by atoms with Gasteiger partial charge in [0.15, 0.2) is 0 Å². The highest BCUT2D eigenvalue weighted by Crippen LogP contribution is 2.38. The van der Waals surface area contributed by atoms with Gasteiger partial charge in [-0.3, -0.25) is 11.3 Å². The Morgan fingerprint density at radius 1 is 1.32 bits per heavy atom. The molecule has 2 rings (SSSR count). The average molecular weight is 262 g/mol. The minimum atomic E-state index is 0.243. The molecule has 0 bridgehead atoms. The number of ether oxygens (including phenoxy) is 1. The molecule has 0 radical (unpaired) electrons. The summed E-state index contributed by atoms with van der Waals surface area (Å²) in [5.41, 5.74) is 4.25. The highest BCUT2D eigenvalue weighted by atomic mass is 16.5. The minimum Gasteiger partial charge on any atom is -0.497 e. The zero-order valence-corrected chi connectivity index (χ0v) is 12.1. The Morgan fingerprint density at radius 3 is 2.63 bits per heavy atom. The molecule has 1 aliphatic carbocycles. The molecule has 1 aliphatic rings. The summed E-state index contributed by atoms with van der Waals surface area (Å²) in [5.74, 6) is 8.26. The summed E-state index contributed by atoms with van der Waals surface area (Å²) in [4.78, 5) is 0. The molecule has 0 amide bonds. The number of hydrogen-bond acceptors (Lipinski definition) is 3. The Bertz CT molecular complexity index is 386. The Kier molecular flexibility index (Phi) is 5.23. The Hall–Kier alpha value is -1.06. The fourth-order valence-corrected chi connectivity index (χ4v) is 3.27. The van der Waals surface area contributed by atoms with Gasteiger partial charge in [0.05, 0.1) is 7.11 Å². The standard InChI is InChI=1S/C16H26N2O/c1-3-12-7-9-13(10-8-12)16(18-17)14-5-4-6-15(11-14)19-2/h4-6,11-13,16,18H,3,7-10,17H2,1-2H3. The van der Waals surface area contributed by atoms with Crippen LogP contribution in [0.1, 0.15) is 50.6 Å². The molecule has 19 heavy (non-hydrogen) atoms. The predicted octanol–water partition coefficient (Wildman–Crippen LogP) is 3.42. The first kappa shape index (κ1) is 14.4. The van der Waals surface area contributed by atoms with Crippen LogP contribution in [-0.4, -0.2) is 7.11 Å². The van der Waals surface area contributed by atoms with E-state index in [1.54, 1.807) is 7.11 Å². The van der Waals surface area contributed by atoms with Crippen molar-refractivity contribution in [1.29, 1.82) is 0 Å². The molecular formula is C16H26N2O. The van der Waals surface area contributed by atoms with Crippen molar-refractivity contribution >= 4 is 0 Å². The molecule has 0 heterocycles. The van der Waals surface area contributed by atoms with E-state index in [9.17, 15) is 0 Å². The van der Waals surface area contributed by atoms with E-state index in [-0.39, 0.29) is 6.04 Å². The molecule has 1 unspecified atom stereocenters. The van der Waals surface area contributed by atoms with Gasteiger partial charge in [-0.2, -0.15) is 0 Å². The van der Waals surface area contributed by atoms with Gasteiger partial charge in [0.1, 0.15) is 5.75 Å². The van der Waals surface area contributed by atoms with Crippen LogP contribution in [0.2, 0.25) is 0 Å². The molecule has 1 aromatic carbocycles. The quantitative estimate of drug-likeness (QED) is 0.631. The van der Waals surface area contributed by atoms with Crippen LogP contribution in [0.4, 0.5) is 0 Å². The predicted molar refractivity (Wildman–Crippen MR) is 78.8 cm³/mol. The van der Waals surface area contributed by atoms with E-state index in [0.717, 1.165) is 11.7 Å². The smallest absolute Gasteiger partial charge is 0.119 e. The SMILES string of the molecule is CCC1CCC(C(NN)c2cccc(OC)c2)CC1. The lowest BCUT2D eigenvalue weighted by atomic mass is 9.76. The maximum atomic E-state index is 5.80. The Balaban J connectivity index is 2.07. The monoisotopic (exact) mass is 262 g/mol. The van der Waals surface area contributed by atoms with Crippen molar-refractivity contribution in [1.82, 2.24) is 5.43 Å². The summed E-state index contributed by atoms with van der Waals surface area (Å²) in [7, 11) is 1.70. The molecular weight excluding hydrogens is 236 g/mol. The number of methoxy groups -OCH3 is 1. The van der Waals surface area contributed by atoms with E-state index in [1.807, 2.05) is 12.1 Å². The van der Waals surface area contributed by atoms with Gasteiger partial charge in [0.2, 0.25) is 0 Å². The first-order chi connectivity index (χ1) is 9.28. The van der Waals surface area contributed by atoms with Crippen LogP contribution in [0, 0.1) is 11.8 Å². The van der Waals surface area contributed by atoms with Gasteiger partial charge < -0.3 is 4.74 Å². The molecule has 1 aromatic rings. The lowest BCUT2D eigenvalue weighted by molar-refractivity contribution is 0.219. The van der Waals surface area contributed by atoms with Crippen molar-refractivity contribution in [3.63, 3.8) is 0 Å². The van der Waals surface area contributed by atoms with Gasteiger partial charge in [-0.25, -0.2) is 0 Å². The van der Waals surface area contributed by atoms with Crippen molar-refractivity contribution < 1.29 is 4.74 Å². The van der Waals surface area contributed by atoms with Crippen LogP contribution in [-0.2, 0) is 0 Å². The van der Waals surface area contributed by atoms with Crippen molar-refractivity contribution in [2.75, 3.05) is 7.11 Å². The topological polar surface area (TPSA) is 47.3 Å². The van der Waals surface area contributed by atoms with E-state index >= 15 is 0 Å². The maximum Gasteiger partial charge on any atom is 0.119 e. The molecule has 0 saturated heterocycles. The maximum absolute atomic E-state index is 5.80. The molecule has 0 aromatic heterocycles. The van der Waals surface area contributed by atoms with Crippen LogP contribution in [0.3, 0.4) is 0 Å². The first-order valence-corrected chi connectivity index (χ1v) is 7.38. The summed E-state index contributed by atoms with van der Waals surface area (Å²) in [6.07, 6.45) is 6.52. The number of nitrogens with one attached hydrogen (secondary N) is 1. The summed E-state index contributed by atoms with van der Waals surface area (Å²) >= 11 is 0. The fraction of sp³-hybridized carbons (Fsp3) is 0.625. The third-order valence-corrected chi connectivity index (χ3v) is 4.57. The molecule has 0 spiro atoms. The first-order valence-electron chi connectivity index (χ1n) is 7.38. The highest BCUT2D eigenvalue weighted by Gasteiger charge is 2.27. The minimum absolute atomic E-state index is 0.243. The van der Waals surface area contributed by atoms with Gasteiger partial charge in [-0.05, 0) is 42.4 Å². The van der Waals surface area contributed by atoms with Crippen molar-refractivity contribution in [2.45, 2.75) is 45.1 Å². The van der Waals surface area contributed by atoms with Crippen LogP contribution in [0.5, 0.6) is 5.75 Å². The number of nitrogens with two attached hydrogens (primary N) is 1. The van der Waals surface area contributed by atoms with Gasteiger partial charge in [0, 0.05) is 6.04 Å². The van der Waals surface area contributed by atoms with E-state index in [1.165, 1.54) is 37.7 Å². The highest BCUT2D eigenvalue weighted by molar-refractivity contribution is 5.30. The third kappa shape index (κ3) is 3.48. The summed E-state index contributed by atoms with van der Waals surface area (Å²) in [6.45, 7) is 2.30. The van der Waals surface area contributed by atoms with Gasteiger partial charge in [0.25, 0.3) is 0 Å². The van der Waals surface area contributed by atoms with E-state index in [0.29, 0.717) is 5.92 Å². The summed E-state index contributed by atoms with van der Waals surface area (Å²) in [5, 5.41) is 0. The van der Waals surface area contributed by atoms with Crippen LogP contribution in [0.15, 0.2) is 24.3 Å². The lowest BCUT2D eigenvalue weighted by Gasteiger charge is -2.33. The largest absolute Gasteiger partial charge is 0.497 e. The van der Waals surface area contributed by atoms with Gasteiger partial charge >= 0.3 is 0 Å². The third-order valence-electron chi connectivity index (χ3n) is 4.57. The number of hydrazine groups is 1. The molecule has 1 atom stereocenters. The second-order valence-electron chi connectivity index (χ2n) is 5.61. The van der Waals surface area contributed by atoms with Crippen molar-refractivity contribution in [3.8, 4) is 5.75 Å². The molecule has 106 valence electrons. The molecule has 0 aliphatic heterocycles. The zero-order chi connectivity index (χ0) is 13.7. The Morgan fingerprint density at radius 2 is 2.05 bits per heavy atom. The lowest BCUT2D eigenvalue weighted by Crippen LogP contribution is -2.35. The van der Waals surface area contributed by atoms with Gasteiger partial charge in [-0.1, -0.05) is 38.3 Å². The van der Waals surface area contributed by atoms with Crippen LogP contribution in [0.25, 0.3) is 0 Å². The van der Waals surface area contributed by atoms with E-state index in [4.69, 9.17) is 10.6 Å². The molecule has 3 nitrogen and oxygen atoms in total. The van der Waals surface area contributed by atoms with E-state index in [2.05, 4.69) is 24.5 Å². The van der Waals surface area contributed by atoms with Crippen LogP contribution >= 0.6 is 0 Å². The summed E-state index contributed by atoms with van der Waals surface area (Å²) < 4.78 is 5.30. The molecule has 3 heteroatoms. The molecule has 1 saturated carbocycles. The normalized spacial score (nSPS) is 25.0. The average Bonchev–Trinajstić information content (AvgIpc) is 2.49.